The molecule has 0 radical (unpaired) electrons. The Hall–Kier alpha value is -1.70. The number of hydrogen-bond donors (Lipinski definition) is 2. The number of ether oxygens (including phenoxy) is 1. The van der Waals surface area contributed by atoms with Gasteiger partial charge in [-0.25, -0.2) is 0 Å². The molecule has 0 bridgehead atoms. The number of fused-ring (bicyclic) bond motifs is 1. The van der Waals surface area contributed by atoms with Gasteiger partial charge in [0.25, 0.3) is 0 Å². The number of aromatic amines is 1. The van der Waals surface area contributed by atoms with E-state index in [2.05, 4.69) is 26.1 Å². The summed E-state index contributed by atoms with van der Waals surface area (Å²) < 4.78 is 43.7. The van der Waals surface area contributed by atoms with Crippen LogP contribution >= 0.6 is 15.9 Å². The van der Waals surface area contributed by atoms with Crippen LogP contribution in [0, 0.1) is 5.92 Å². The van der Waals surface area contributed by atoms with Crippen molar-refractivity contribution in [3.05, 3.63) is 28.4 Å². The van der Waals surface area contributed by atoms with Crippen molar-refractivity contribution in [1.82, 2.24) is 4.98 Å². The molecule has 4 nitrogen and oxygen atoms in total. The van der Waals surface area contributed by atoms with Crippen LogP contribution in [0.25, 0.3) is 10.9 Å². The molecule has 8 heteroatoms. The number of H-pyrrole nitrogens is 1. The lowest BCUT2D eigenvalue weighted by Gasteiger charge is -2.15. The third kappa shape index (κ3) is 4.23. The van der Waals surface area contributed by atoms with Crippen molar-refractivity contribution in [1.29, 1.82) is 0 Å². The summed E-state index contributed by atoms with van der Waals surface area (Å²) in [4.78, 5) is 3.07. The van der Waals surface area contributed by atoms with Gasteiger partial charge in [0.1, 0.15) is 5.75 Å². The van der Waals surface area contributed by atoms with Crippen molar-refractivity contribution in [2.75, 3.05) is 6.61 Å². The van der Waals surface area contributed by atoms with E-state index in [9.17, 15) is 13.2 Å². The number of nitrogens with one attached hydrogen (secondary N) is 1. The summed E-state index contributed by atoms with van der Waals surface area (Å²) in [6.45, 7) is 3.03. The van der Waals surface area contributed by atoms with Crippen LogP contribution in [0.3, 0.4) is 0 Å². The van der Waals surface area contributed by atoms with E-state index in [0.717, 1.165) is 16.5 Å². The molecule has 0 saturated carbocycles. The van der Waals surface area contributed by atoms with Crippen LogP contribution < -0.4 is 4.74 Å². The molecule has 2 N–H and O–H groups in total. The number of benzene rings is 1. The molecule has 1 aromatic carbocycles. The largest absolute Gasteiger partial charge is 0.492 e. The van der Waals surface area contributed by atoms with E-state index in [1.165, 1.54) is 6.92 Å². The normalized spacial score (nSPS) is 14.2. The lowest BCUT2D eigenvalue weighted by Crippen LogP contribution is -2.20. The van der Waals surface area contributed by atoms with Crippen LogP contribution in [0.15, 0.2) is 28.0 Å². The van der Waals surface area contributed by atoms with E-state index in [0.29, 0.717) is 22.4 Å². The molecule has 1 aromatic heterocycles. The van der Waals surface area contributed by atoms with Crippen molar-refractivity contribution in [2.45, 2.75) is 32.9 Å². The van der Waals surface area contributed by atoms with Gasteiger partial charge in [0, 0.05) is 22.7 Å². The highest BCUT2D eigenvalue weighted by molar-refractivity contribution is 9.10. The van der Waals surface area contributed by atoms with Crippen molar-refractivity contribution in [3.63, 3.8) is 0 Å². The van der Waals surface area contributed by atoms with Gasteiger partial charge in [0.05, 0.1) is 22.7 Å². The predicted octanol–water partition coefficient (Wildman–Crippen LogP) is 5.49. The average Bonchev–Trinajstić information content (AvgIpc) is 2.92. The van der Waals surface area contributed by atoms with E-state index in [1.807, 2.05) is 6.07 Å². The Morgan fingerprint density at radius 1 is 1.42 bits per heavy atom. The molecule has 132 valence electrons. The summed E-state index contributed by atoms with van der Waals surface area (Å²) in [6, 6.07) is 3.59. The molecule has 0 fully saturated rings. The minimum absolute atomic E-state index is 0.0229. The Balaban J connectivity index is 2.08. The lowest BCUT2D eigenvalue weighted by molar-refractivity contribution is -0.171. The molecule has 24 heavy (non-hydrogen) atoms. The average molecular weight is 407 g/mol. The summed E-state index contributed by atoms with van der Waals surface area (Å²) in [7, 11) is 0. The van der Waals surface area contributed by atoms with Crippen molar-refractivity contribution in [3.8, 4) is 5.75 Å². The van der Waals surface area contributed by atoms with E-state index in [-0.39, 0.29) is 13.0 Å². The third-order valence-corrected chi connectivity index (χ3v) is 4.49. The lowest BCUT2D eigenvalue weighted by atomic mass is 10.1. The van der Waals surface area contributed by atoms with Crippen LogP contribution in [0.2, 0.25) is 0 Å². The highest BCUT2D eigenvalue weighted by atomic mass is 79.9. The molecule has 1 atom stereocenters. The van der Waals surface area contributed by atoms with E-state index in [4.69, 9.17) is 9.94 Å². The van der Waals surface area contributed by atoms with Crippen molar-refractivity contribution >= 4 is 32.5 Å². The Labute approximate surface area is 145 Å². The quantitative estimate of drug-likeness (QED) is 0.288. The maximum Gasteiger partial charge on any atom is 0.391 e. The third-order valence-electron chi connectivity index (χ3n) is 3.87. The molecule has 0 aliphatic rings. The van der Waals surface area contributed by atoms with Crippen LogP contribution in [0.5, 0.6) is 5.75 Å². The first-order chi connectivity index (χ1) is 11.2. The fourth-order valence-corrected chi connectivity index (χ4v) is 2.78. The summed E-state index contributed by atoms with van der Waals surface area (Å²) in [5.74, 6) is -0.805. The molecule has 0 amide bonds. The molecule has 0 saturated heterocycles. The van der Waals surface area contributed by atoms with Crippen molar-refractivity contribution < 1.29 is 23.1 Å². The Morgan fingerprint density at radius 3 is 2.75 bits per heavy atom. The SMILES string of the molecule is C/C(=N/O)c1c[nH]c2cc(Br)c(OCCCC(C)C(F)(F)F)cc12. The van der Waals surface area contributed by atoms with Gasteiger partial charge in [-0.2, -0.15) is 13.2 Å². The zero-order valence-electron chi connectivity index (χ0n) is 13.2. The van der Waals surface area contributed by atoms with Gasteiger partial charge < -0.3 is 14.9 Å². The second-order valence-corrected chi connectivity index (χ2v) is 6.50. The highest BCUT2D eigenvalue weighted by Crippen LogP contribution is 2.33. The summed E-state index contributed by atoms with van der Waals surface area (Å²) in [6.07, 6.45) is -2.11. The molecule has 0 aliphatic carbocycles. The summed E-state index contributed by atoms with van der Waals surface area (Å²) in [5, 5.41) is 12.9. The molecule has 2 rings (SSSR count). The molecule has 0 aliphatic heterocycles. The smallest absolute Gasteiger partial charge is 0.391 e. The fraction of sp³-hybridized carbons (Fsp3) is 0.438. The first kappa shape index (κ1) is 18.6. The number of oxime groups is 1. The topological polar surface area (TPSA) is 57.6 Å². The molecule has 1 heterocycles. The number of aromatic nitrogens is 1. The number of hydrogen-bond acceptors (Lipinski definition) is 3. The first-order valence-electron chi connectivity index (χ1n) is 7.43. The van der Waals surface area contributed by atoms with E-state index in [1.54, 1.807) is 19.2 Å². The molecular weight excluding hydrogens is 389 g/mol. The molecule has 2 aromatic rings. The van der Waals surface area contributed by atoms with E-state index >= 15 is 0 Å². The first-order valence-corrected chi connectivity index (χ1v) is 8.22. The summed E-state index contributed by atoms with van der Waals surface area (Å²) in [5.41, 5.74) is 2.02. The second-order valence-electron chi connectivity index (χ2n) is 5.65. The van der Waals surface area contributed by atoms with Gasteiger partial charge in [0.15, 0.2) is 0 Å². The van der Waals surface area contributed by atoms with Crippen LogP contribution in [0.4, 0.5) is 13.2 Å². The van der Waals surface area contributed by atoms with Gasteiger partial charge in [-0.3, -0.25) is 0 Å². The molecule has 0 spiro atoms. The van der Waals surface area contributed by atoms with Gasteiger partial charge in [-0.05, 0) is 47.8 Å². The van der Waals surface area contributed by atoms with Gasteiger partial charge in [0.2, 0.25) is 0 Å². The predicted molar refractivity (Wildman–Crippen MR) is 89.9 cm³/mol. The fourth-order valence-electron chi connectivity index (χ4n) is 2.32. The number of halogens is 4. The Morgan fingerprint density at radius 2 is 2.12 bits per heavy atom. The highest BCUT2D eigenvalue weighted by Gasteiger charge is 2.35. The van der Waals surface area contributed by atoms with Gasteiger partial charge in [-0.15, -0.1) is 0 Å². The zero-order valence-corrected chi connectivity index (χ0v) is 14.8. The van der Waals surface area contributed by atoms with E-state index < -0.39 is 12.1 Å². The maximum absolute atomic E-state index is 12.5. The van der Waals surface area contributed by atoms with Crippen LogP contribution in [-0.4, -0.2) is 28.7 Å². The Kier molecular flexibility index (Phi) is 5.79. The van der Waals surface area contributed by atoms with Crippen molar-refractivity contribution in [2.24, 2.45) is 11.1 Å². The number of nitrogens with zero attached hydrogens (tertiary/aromatic N) is 1. The molecule has 1 unspecified atom stereocenters. The minimum atomic E-state index is -4.17. The minimum Gasteiger partial charge on any atom is -0.492 e. The standard InChI is InChI=1S/C16H18BrF3N2O2/c1-9(16(18,19)20)4-3-5-24-15-6-11-12(10(2)22-23)8-21-14(11)7-13(15)17/h6-9,21,23H,3-5H2,1-2H3/b22-10-. The second kappa shape index (κ2) is 7.46. The number of alkyl halides is 3. The van der Waals surface area contributed by atoms with Gasteiger partial charge >= 0.3 is 6.18 Å². The maximum atomic E-state index is 12.5. The van der Waals surface area contributed by atoms with Crippen LogP contribution in [-0.2, 0) is 0 Å². The van der Waals surface area contributed by atoms with Gasteiger partial charge in [-0.1, -0.05) is 12.1 Å². The number of rotatable bonds is 6. The van der Waals surface area contributed by atoms with Crippen LogP contribution in [0.1, 0.15) is 32.3 Å². The zero-order chi connectivity index (χ0) is 17.9. The molecular formula is C16H18BrF3N2O2. The summed E-state index contributed by atoms with van der Waals surface area (Å²) >= 11 is 3.39. The Bertz CT molecular complexity index is 741. The monoisotopic (exact) mass is 406 g/mol.